The standard InChI is InChI=1S/C6H14N2O/c1-6(5-9)3-2-4-8-7/h6-7,9H,2-5H2,1H3/t6-/m1/s1. The van der Waals surface area contributed by atoms with Crippen LogP contribution >= 0.6 is 0 Å². The third-order valence-electron chi connectivity index (χ3n) is 1.28. The summed E-state index contributed by atoms with van der Waals surface area (Å²) in [6.07, 6.45) is 1.89. The van der Waals surface area contributed by atoms with Crippen LogP contribution in [0.2, 0.25) is 0 Å². The van der Waals surface area contributed by atoms with Crippen LogP contribution in [0.15, 0.2) is 5.11 Å². The van der Waals surface area contributed by atoms with Gasteiger partial charge in [0.05, 0.1) is 6.54 Å². The Kier molecular flexibility index (Phi) is 5.41. The Hall–Kier alpha value is -0.440. The maximum absolute atomic E-state index is 8.56. The molecule has 0 aromatic carbocycles. The zero-order valence-electron chi connectivity index (χ0n) is 5.80. The molecule has 0 aliphatic rings. The van der Waals surface area contributed by atoms with E-state index in [2.05, 4.69) is 5.11 Å². The van der Waals surface area contributed by atoms with Gasteiger partial charge in [-0.2, -0.15) is 5.11 Å². The van der Waals surface area contributed by atoms with Crippen LogP contribution in [-0.2, 0) is 0 Å². The van der Waals surface area contributed by atoms with Crippen molar-refractivity contribution in [3.05, 3.63) is 0 Å². The highest BCUT2D eigenvalue weighted by molar-refractivity contribution is 4.50. The zero-order chi connectivity index (χ0) is 7.11. The number of aliphatic hydroxyl groups excluding tert-OH is 1. The van der Waals surface area contributed by atoms with Crippen LogP contribution in [0.3, 0.4) is 0 Å². The fourth-order valence-corrected chi connectivity index (χ4v) is 0.610. The highest BCUT2D eigenvalue weighted by Crippen LogP contribution is 2.02. The SMILES string of the molecule is C[C@@H](CO)CCCN=N. The van der Waals surface area contributed by atoms with Crippen LogP contribution in [0.4, 0.5) is 0 Å². The first-order valence-corrected chi connectivity index (χ1v) is 3.25. The van der Waals surface area contributed by atoms with Crippen molar-refractivity contribution in [2.45, 2.75) is 19.8 Å². The predicted octanol–water partition coefficient (Wildman–Crippen LogP) is 1.43. The van der Waals surface area contributed by atoms with Gasteiger partial charge in [0.1, 0.15) is 0 Å². The quantitative estimate of drug-likeness (QED) is 0.429. The van der Waals surface area contributed by atoms with Crippen molar-refractivity contribution < 1.29 is 5.11 Å². The van der Waals surface area contributed by atoms with Crippen LogP contribution in [0.25, 0.3) is 0 Å². The predicted molar refractivity (Wildman–Crippen MR) is 35.5 cm³/mol. The molecule has 2 N–H and O–H groups in total. The van der Waals surface area contributed by atoms with Crippen molar-refractivity contribution in [2.75, 3.05) is 13.2 Å². The molecule has 0 unspecified atom stereocenters. The molecule has 0 rings (SSSR count). The molecule has 0 radical (unpaired) electrons. The largest absolute Gasteiger partial charge is 0.396 e. The maximum Gasteiger partial charge on any atom is 0.0596 e. The second-order valence-electron chi connectivity index (χ2n) is 2.31. The first-order chi connectivity index (χ1) is 4.31. The van der Waals surface area contributed by atoms with Crippen LogP contribution in [0, 0.1) is 11.4 Å². The smallest absolute Gasteiger partial charge is 0.0596 e. The summed E-state index contributed by atoms with van der Waals surface area (Å²) in [5.74, 6) is 0.367. The van der Waals surface area contributed by atoms with E-state index in [-0.39, 0.29) is 6.61 Å². The van der Waals surface area contributed by atoms with Crippen molar-refractivity contribution in [3.8, 4) is 0 Å². The second kappa shape index (κ2) is 5.69. The third-order valence-corrected chi connectivity index (χ3v) is 1.28. The van der Waals surface area contributed by atoms with Crippen molar-refractivity contribution in [1.82, 2.24) is 0 Å². The van der Waals surface area contributed by atoms with E-state index in [4.69, 9.17) is 10.6 Å². The Labute approximate surface area is 55.6 Å². The lowest BCUT2D eigenvalue weighted by atomic mass is 10.1. The van der Waals surface area contributed by atoms with Crippen molar-refractivity contribution >= 4 is 0 Å². The van der Waals surface area contributed by atoms with E-state index < -0.39 is 0 Å². The summed E-state index contributed by atoms with van der Waals surface area (Å²) < 4.78 is 0. The van der Waals surface area contributed by atoms with E-state index in [1.165, 1.54) is 0 Å². The van der Waals surface area contributed by atoms with Gasteiger partial charge in [-0.1, -0.05) is 6.92 Å². The summed E-state index contributed by atoms with van der Waals surface area (Å²) >= 11 is 0. The van der Waals surface area contributed by atoms with E-state index in [9.17, 15) is 0 Å². The van der Waals surface area contributed by atoms with Crippen molar-refractivity contribution in [2.24, 2.45) is 11.0 Å². The molecule has 0 aliphatic carbocycles. The molecule has 1 atom stereocenters. The number of nitrogens with one attached hydrogen (secondary N) is 1. The molecule has 54 valence electrons. The molecular weight excluding hydrogens is 116 g/mol. The van der Waals surface area contributed by atoms with Crippen molar-refractivity contribution in [3.63, 3.8) is 0 Å². The Morgan fingerprint density at radius 3 is 2.78 bits per heavy atom. The van der Waals surface area contributed by atoms with Crippen LogP contribution < -0.4 is 0 Å². The minimum Gasteiger partial charge on any atom is -0.396 e. The Balaban J connectivity index is 2.96. The van der Waals surface area contributed by atoms with E-state index in [1.807, 2.05) is 6.92 Å². The first-order valence-electron chi connectivity index (χ1n) is 3.25. The summed E-state index contributed by atoms with van der Waals surface area (Å²) in [6, 6.07) is 0. The van der Waals surface area contributed by atoms with Gasteiger partial charge in [-0.15, -0.1) is 0 Å². The van der Waals surface area contributed by atoms with Gasteiger partial charge in [0.15, 0.2) is 0 Å². The van der Waals surface area contributed by atoms with E-state index in [1.54, 1.807) is 0 Å². The van der Waals surface area contributed by atoms with Crippen LogP contribution in [0.5, 0.6) is 0 Å². The van der Waals surface area contributed by atoms with Crippen LogP contribution in [-0.4, -0.2) is 18.3 Å². The number of hydrogen-bond acceptors (Lipinski definition) is 3. The monoisotopic (exact) mass is 130 g/mol. The van der Waals surface area contributed by atoms with Gasteiger partial charge < -0.3 is 5.11 Å². The summed E-state index contributed by atoms with van der Waals surface area (Å²) in [5.41, 5.74) is 6.47. The number of rotatable bonds is 5. The molecular formula is C6H14N2O. The maximum atomic E-state index is 8.56. The summed E-state index contributed by atoms with van der Waals surface area (Å²) in [6.45, 7) is 2.84. The van der Waals surface area contributed by atoms with E-state index in [0.29, 0.717) is 12.5 Å². The molecule has 0 amide bonds. The molecule has 3 nitrogen and oxygen atoms in total. The third kappa shape index (κ3) is 5.43. The molecule has 3 heteroatoms. The summed E-state index contributed by atoms with van der Waals surface area (Å²) in [4.78, 5) is 0. The number of aliphatic hydroxyl groups is 1. The Morgan fingerprint density at radius 2 is 2.33 bits per heavy atom. The van der Waals surface area contributed by atoms with Gasteiger partial charge in [0, 0.05) is 6.61 Å². The lowest BCUT2D eigenvalue weighted by Crippen LogP contribution is -2.00. The molecule has 9 heavy (non-hydrogen) atoms. The first kappa shape index (κ1) is 8.56. The lowest BCUT2D eigenvalue weighted by molar-refractivity contribution is 0.228. The highest BCUT2D eigenvalue weighted by atomic mass is 16.3. The molecule has 0 saturated carbocycles. The Morgan fingerprint density at radius 1 is 1.67 bits per heavy atom. The number of hydrogen-bond donors (Lipinski definition) is 2. The van der Waals surface area contributed by atoms with Gasteiger partial charge >= 0.3 is 0 Å². The molecule has 0 heterocycles. The highest BCUT2D eigenvalue weighted by Gasteiger charge is 1.97. The van der Waals surface area contributed by atoms with Crippen molar-refractivity contribution in [1.29, 1.82) is 5.53 Å². The average molecular weight is 130 g/mol. The molecule has 0 aromatic rings. The van der Waals surface area contributed by atoms with Gasteiger partial charge in [-0.25, -0.2) is 5.53 Å². The van der Waals surface area contributed by atoms with E-state index in [0.717, 1.165) is 12.8 Å². The lowest BCUT2D eigenvalue weighted by Gasteiger charge is -2.03. The molecule has 0 aromatic heterocycles. The van der Waals surface area contributed by atoms with Gasteiger partial charge in [0.2, 0.25) is 0 Å². The van der Waals surface area contributed by atoms with Gasteiger partial charge in [0.25, 0.3) is 0 Å². The number of nitrogens with zero attached hydrogens (tertiary/aromatic N) is 1. The normalized spacial score (nSPS) is 13.1. The zero-order valence-corrected chi connectivity index (χ0v) is 5.80. The molecule has 0 aliphatic heterocycles. The molecule has 0 fully saturated rings. The molecule has 0 saturated heterocycles. The minimum absolute atomic E-state index is 0.248. The fraction of sp³-hybridized carbons (Fsp3) is 1.00. The minimum atomic E-state index is 0.248. The fourth-order valence-electron chi connectivity index (χ4n) is 0.610. The summed E-state index contributed by atoms with van der Waals surface area (Å²) in [7, 11) is 0. The average Bonchev–Trinajstić information content (AvgIpc) is 1.89. The molecule has 0 spiro atoms. The van der Waals surface area contributed by atoms with Gasteiger partial charge in [-0.05, 0) is 18.8 Å². The van der Waals surface area contributed by atoms with Gasteiger partial charge in [-0.3, -0.25) is 0 Å². The summed E-state index contributed by atoms with van der Waals surface area (Å²) in [5, 5.41) is 11.8. The Bertz CT molecular complexity index is 75.5. The topological polar surface area (TPSA) is 56.4 Å². The second-order valence-corrected chi connectivity index (χ2v) is 2.31. The van der Waals surface area contributed by atoms with E-state index >= 15 is 0 Å². The molecule has 0 bridgehead atoms. The van der Waals surface area contributed by atoms with Crippen LogP contribution in [0.1, 0.15) is 19.8 Å².